The molecule has 3 nitrogen and oxygen atoms in total. The van der Waals surface area contributed by atoms with Crippen molar-refractivity contribution in [2.24, 2.45) is 0 Å². The first-order valence-electron chi connectivity index (χ1n) is 7.02. The summed E-state index contributed by atoms with van der Waals surface area (Å²) in [4.78, 5) is 2.16. The van der Waals surface area contributed by atoms with Crippen LogP contribution in [-0.2, 0) is 0 Å². The molecule has 0 amide bonds. The van der Waals surface area contributed by atoms with E-state index in [4.69, 9.17) is 5.11 Å². The van der Waals surface area contributed by atoms with E-state index in [0.29, 0.717) is 12.6 Å². The van der Waals surface area contributed by atoms with Crippen LogP contribution in [0, 0.1) is 0 Å². The van der Waals surface area contributed by atoms with E-state index in [1.807, 2.05) is 0 Å². The summed E-state index contributed by atoms with van der Waals surface area (Å²) in [6.07, 6.45) is 1.14. The molecule has 1 aromatic carbocycles. The topological polar surface area (TPSA) is 35.5 Å². The highest BCUT2D eigenvalue weighted by Crippen LogP contribution is 2.29. The second kappa shape index (κ2) is 8.56. The third-order valence-corrected chi connectivity index (χ3v) is 3.90. The van der Waals surface area contributed by atoms with Crippen molar-refractivity contribution < 1.29 is 5.11 Å². The van der Waals surface area contributed by atoms with Gasteiger partial charge in [0.15, 0.2) is 0 Å². The number of nitrogens with one attached hydrogen (secondary N) is 1. The van der Waals surface area contributed by atoms with Crippen LogP contribution in [0.25, 0.3) is 0 Å². The molecule has 108 valence electrons. The van der Waals surface area contributed by atoms with E-state index in [0.717, 1.165) is 29.7 Å². The molecule has 19 heavy (non-hydrogen) atoms. The van der Waals surface area contributed by atoms with Crippen LogP contribution in [-0.4, -0.2) is 31.3 Å². The Labute approximate surface area is 125 Å². The Balaban J connectivity index is 2.84. The van der Waals surface area contributed by atoms with E-state index < -0.39 is 0 Å². The maximum Gasteiger partial charge on any atom is 0.0606 e. The zero-order valence-electron chi connectivity index (χ0n) is 12.1. The zero-order valence-corrected chi connectivity index (χ0v) is 13.7. The number of benzene rings is 1. The quantitative estimate of drug-likeness (QED) is 0.768. The van der Waals surface area contributed by atoms with E-state index in [9.17, 15) is 0 Å². The lowest BCUT2D eigenvalue weighted by Crippen LogP contribution is -2.26. The zero-order chi connectivity index (χ0) is 14.3. The SMILES string of the molecule is CCCNC(C)c1ccc(N(CC)CCO)c(Br)c1. The molecule has 0 heterocycles. The predicted molar refractivity (Wildman–Crippen MR) is 85.8 cm³/mol. The first-order valence-corrected chi connectivity index (χ1v) is 7.81. The van der Waals surface area contributed by atoms with Gasteiger partial charge in [0.25, 0.3) is 0 Å². The summed E-state index contributed by atoms with van der Waals surface area (Å²) in [5.41, 5.74) is 2.42. The van der Waals surface area contributed by atoms with E-state index in [2.05, 4.69) is 65.1 Å². The van der Waals surface area contributed by atoms with Crippen molar-refractivity contribution in [1.82, 2.24) is 5.32 Å². The molecule has 0 radical (unpaired) electrons. The van der Waals surface area contributed by atoms with Gasteiger partial charge in [-0.15, -0.1) is 0 Å². The molecule has 1 atom stereocenters. The van der Waals surface area contributed by atoms with Gasteiger partial charge in [-0.1, -0.05) is 13.0 Å². The van der Waals surface area contributed by atoms with Crippen LogP contribution >= 0.6 is 15.9 Å². The van der Waals surface area contributed by atoms with Crippen molar-refractivity contribution >= 4 is 21.6 Å². The lowest BCUT2D eigenvalue weighted by atomic mass is 10.1. The smallest absolute Gasteiger partial charge is 0.0606 e. The van der Waals surface area contributed by atoms with Crippen LogP contribution in [0.15, 0.2) is 22.7 Å². The average molecular weight is 329 g/mol. The molecule has 4 heteroatoms. The molecule has 2 N–H and O–H groups in total. The van der Waals surface area contributed by atoms with Crippen LogP contribution < -0.4 is 10.2 Å². The molecule has 0 spiro atoms. The Hall–Kier alpha value is -0.580. The maximum atomic E-state index is 9.09. The summed E-state index contributed by atoms with van der Waals surface area (Å²) in [5, 5.41) is 12.6. The van der Waals surface area contributed by atoms with Gasteiger partial charge in [0, 0.05) is 23.6 Å². The molecule has 0 aromatic heterocycles. The Bertz CT molecular complexity index is 384. The van der Waals surface area contributed by atoms with Gasteiger partial charge in [0.1, 0.15) is 0 Å². The van der Waals surface area contributed by atoms with Gasteiger partial charge >= 0.3 is 0 Å². The second-order valence-corrected chi connectivity index (χ2v) is 5.54. The molecular formula is C15H25BrN2O. The molecule has 0 aliphatic heterocycles. The molecular weight excluding hydrogens is 304 g/mol. The number of aliphatic hydroxyl groups is 1. The normalized spacial score (nSPS) is 12.5. The van der Waals surface area contributed by atoms with Gasteiger partial charge in [0.2, 0.25) is 0 Å². The van der Waals surface area contributed by atoms with Gasteiger partial charge in [-0.05, 0) is 60.4 Å². The first-order chi connectivity index (χ1) is 9.13. The standard InChI is InChI=1S/C15H25BrN2O/c1-4-8-17-12(3)13-6-7-15(14(16)11-13)18(5-2)9-10-19/h6-7,11-12,17,19H,4-5,8-10H2,1-3H3. The molecule has 1 unspecified atom stereocenters. The van der Waals surface area contributed by atoms with Gasteiger partial charge < -0.3 is 15.3 Å². The fourth-order valence-electron chi connectivity index (χ4n) is 2.10. The molecule has 0 aliphatic carbocycles. The first kappa shape index (κ1) is 16.5. The van der Waals surface area contributed by atoms with Crippen molar-refractivity contribution in [3.05, 3.63) is 28.2 Å². The summed E-state index contributed by atoms with van der Waals surface area (Å²) < 4.78 is 1.09. The number of hydrogen-bond donors (Lipinski definition) is 2. The number of rotatable bonds is 8. The van der Waals surface area contributed by atoms with Crippen molar-refractivity contribution in [2.75, 3.05) is 31.1 Å². The summed E-state index contributed by atoms with van der Waals surface area (Å²) in [6, 6.07) is 6.82. The maximum absolute atomic E-state index is 9.09. The van der Waals surface area contributed by atoms with E-state index in [1.165, 1.54) is 5.56 Å². The van der Waals surface area contributed by atoms with E-state index in [-0.39, 0.29) is 6.61 Å². The molecule has 0 aliphatic rings. The molecule has 1 rings (SSSR count). The fraction of sp³-hybridized carbons (Fsp3) is 0.600. The lowest BCUT2D eigenvalue weighted by Gasteiger charge is -2.24. The van der Waals surface area contributed by atoms with Gasteiger partial charge in [-0.2, -0.15) is 0 Å². The highest BCUT2D eigenvalue weighted by atomic mass is 79.9. The Morgan fingerprint density at radius 3 is 2.63 bits per heavy atom. The van der Waals surface area contributed by atoms with Crippen LogP contribution in [0.2, 0.25) is 0 Å². The molecule has 1 aromatic rings. The third kappa shape index (κ3) is 4.79. The predicted octanol–water partition coefficient (Wildman–Crippen LogP) is 3.33. The van der Waals surface area contributed by atoms with Crippen LogP contribution in [0.1, 0.15) is 38.8 Å². The van der Waals surface area contributed by atoms with Gasteiger partial charge in [-0.25, -0.2) is 0 Å². The van der Waals surface area contributed by atoms with Crippen molar-refractivity contribution in [2.45, 2.75) is 33.2 Å². The highest BCUT2D eigenvalue weighted by Gasteiger charge is 2.11. The Morgan fingerprint density at radius 2 is 2.11 bits per heavy atom. The van der Waals surface area contributed by atoms with Crippen molar-refractivity contribution in [3.8, 4) is 0 Å². The number of hydrogen-bond acceptors (Lipinski definition) is 3. The summed E-state index contributed by atoms with van der Waals surface area (Å²) in [6.45, 7) is 9.22. The van der Waals surface area contributed by atoms with Crippen molar-refractivity contribution in [1.29, 1.82) is 0 Å². The molecule has 0 fully saturated rings. The van der Waals surface area contributed by atoms with Crippen LogP contribution in [0.3, 0.4) is 0 Å². The Morgan fingerprint density at radius 1 is 1.37 bits per heavy atom. The van der Waals surface area contributed by atoms with Gasteiger partial charge in [-0.3, -0.25) is 0 Å². The minimum absolute atomic E-state index is 0.177. The Kier molecular flexibility index (Phi) is 7.42. The summed E-state index contributed by atoms with van der Waals surface area (Å²) in [7, 11) is 0. The summed E-state index contributed by atoms with van der Waals surface area (Å²) >= 11 is 3.64. The van der Waals surface area contributed by atoms with E-state index >= 15 is 0 Å². The van der Waals surface area contributed by atoms with Crippen LogP contribution in [0.4, 0.5) is 5.69 Å². The van der Waals surface area contributed by atoms with Crippen molar-refractivity contribution in [3.63, 3.8) is 0 Å². The molecule has 0 saturated carbocycles. The minimum atomic E-state index is 0.177. The summed E-state index contributed by atoms with van der Waals surface area (Å²) in [5.74, 6) is 0. The fourth-order valence-corrected chi connectivity index (χ4v) is 2.74. The molecule has 0 saturated heterocycles. The van der Waals surface area contributed by atoms with E-state index in [1.54, 1.807) is 0 Å². The number of nitrogens with zero attached hydrogens (tertiary/aromatic N) is 1. The average Bonchev–Trinajstić information content (AvgIpc) is 2.42. The lowest BCUT2D eigenvalue weighted by molar-refractivity contribution is 0.302. The molecule has 0 bridgehead atoms. The number of anilines is 1. The largest absolute Gasteiger partial charge is 0.395 e. The highest BCUT2D eigenvalue weighted by molar-refractivity contribution is 9.10. The number of likely N-dealkylation sites (N-methyl/N-ethyl adjacent to an activating group) is 1. The minimum Gasteiger partial charge on any atom is -0.395 e. The van der Waals surface area contributed by atoms with Gasteiger partial charge in [0.05, 0.1) is 12.3 Å². The van der Waals surface area contributed by atoms with Crippen LogP contribution in [0.5, 0.6) is 0 Å². The number of aliphatic hydroxyl groups excluding tert-OH is 1. The number of halogens is 1. The second-order valence-electron chi connectivity index (χ2n) is 4.69. The third-order valence-electron chi connectivity index (χ3n) is 3.26. The monoisotopic (exact) mass is 328 g/mol.